The molecule has 2 aromatic rings. The summed E-state index contributed by atoms with van der Waals surface area (Å²) < 4.78 is 5.43. The van der Waals surface area contributed by atoms with Gasteiger partial charge in [0.05, 0.1) is 13.2 Å². The normalized spacial score (nSPS) is 20.5. The Bertz CT molecular complexity index is 846. The van der Waals surface area contributed by atoms with Crippen molar-refractivity contribution in [3.8, 4) is 0 Å². The number of carbonyl (C=O) groups is 1. The number of rotatable bonds is 7. The Morgan fingerprint density at radius 3 is 2.48 bits per heavy atom. The van der Waals surface area contributed by atoms with Gasteiger partial charge in [0.25, 0.3) is 5.91 Å². The fourth-order valence-electron chi connectivity index (χ4n) is 4.59. The van der Waals surface area contributed by atoms with Crippen LogP contribution in [0.5, 0.6) is 0 Å². The second-order valence-corrected chi connectivity index (χ2v) is 9.07. The van der Waals surface area contributed by atoms with Crippen molar-refractivity contribution in [1.29, 1.82) is 0 Å². The maximum absolute atomic E-state index is 12.6. The highest BCUT2D eigenvalue weighted by atomic mass is 16.5. The van der Waals surface area contributed by atoms with Crippen LogP contribution in [0.25, 0.3) is 0 Å². The van der Waals surface area contributed by atoms with Crippen LogP contribution in [0.1, 0.15) is 46.8 Å². The summed E-state index contributed by atoms with van der Waals surface area (Å²) in [6.07, 6.45) is 2.63. The third-order valence-electron chi connectivity index (χ3n) is 6.32. The zero-order valence-corrected chi connectivity index (χ0v) is 18.7. The monoisotopic (exact) mass is 421 g/mol. The van der Waals surface area contributed by atoms with Gasteiger partial charge in [-0.05, 0) is 54.1 Å². The van der Waals surface area contributed by atoms with E-state index in [1.807, 2.05) is 12.1 Å². The van der Waals surface area contributed by atoms with Gasteiger partial charge in [0.1, 0.15) is 0 Å². The SMILES string of the molecule is C[C@@H]1CCCN(Cc2ccc(C(=O)NCc3cccc(CN4CCOCC4)c3)cc2)C1. The molecule has 0 saturated carbocycles. The Morgan fingerprint density at radius 1 is 0.968 bits per heavy atom. The van der Waals surface area contributed by atoms with E-state index in [0.29, 0.717) is 6.54 Å². The number of hydrogen-bond donors (Lipinski definition) is 1. The number of ether oxygens (including phenoxy) is 1. The van der Waals surface area contributed by atoms with Gasteiger partial charge in [-0.25, -0.2) is 0 Å². The van der Waals surface area contributed by atoms with Crippen molar-refractivity contribution in [3.05, 3.63) is 70.8 Å². The van der Waals surface area contributed by atoms with Gasteiger partial charge >= 0.3 is 0 Å². The Morgan fingerprint density at radius 2 is 1.71 bits per heavy atom. The number of morpholine rings is 1. The summed E-state index contributed by atoms with van der Waals surface area (Å²) in [6, 6.07) is 16.6. The van der Waals surface area contributed by atoms with Crippen LogP contribution in [0.15, 0.2) is 48.5 Å². The van der Waals surface area contributed by atoms with Gasteiger partial charge in [-0.3, -0.25) is 14.6 Å². The third kappa shape index (κ3) is 6.63. The highest BCUT2D eigenvalue weighted by Gasteiger charge is 2.16. The number of hydrogen-bond acceptors (Lipinski definition) is 4. The number of carbonyl (C=O) groups excluding carboxylic acids is 1. The number of amides is 1. The van der Waals surface area contributed by atoms with E-state index in [4.69, 9.17) is 4.74 Å². The van der Waals surface area contributed by atoms with Gasteiger partial charge < -0.3 is 10.1 Å². The molecule has 0 bridgehead atoms. The second kappa shape index (κ2) is 10.9. The van der Waals surface area contributed by atoms with E-state index in [1.165, 1.54) is 37.1 Å². The summed E-state index contributed by atoms with van der Waals surface area (Å²) in [6.45, 7) is 10.7. The molecule has 0 aromatic heterocycles. The Balaban J connectivity index is 1.27. The summed E-state index contributed by atoms with van der Waals surface area (Å²) in [4.78, 5) is 17.6. The lowest BCUT2D eigenvalue weighted by atomic mass is 9.99. The molecule has 4 rings (SSSR count). The predicted molar refractivity (Wildman–Crippen MR) is 124 cm³/mol. The number of nitrogens with zero attached hydrogens (tertiary/aromatic N) is 2. The lowest BCUT2D eigenvalue weighted by Gasteiger charge is -2.30. The van der Waals surface area contributed by atoms with Crippen molar-refractivity contribution in [2.24, 2.45) is 5.92 Å². The zero-order chi connectivity index (χ0) is 21.5. The van der Waals surface area contributed by atoms with Crippen molar-refractivity contribution >= 4 is 5.91 Å². The lowest BCUT2D eigenvalue weighted by Crippen LogP contribution is -2.35. The first-order valence-corrected chi connectivity index (χ1v) is 11.6. The van der Waals surface area contributed by atoms with E-state index in [-0.39, 0.29) is 5.91 Å². The molecule has 0 spiro atoms. The van der Waals surface area contributed by atoms with Crippen molar-refractivity contribution in [1.82, 2.24) is 15.1 Å². The number of piperidine rings is 1. The second-order valence-electron chi connectivity index (χ2n) is 9.07. The van der Waals surface area contributed by atoms with Crippen LogP contribution < -0.4 is 5.32 Å². The predicted octanol–water partition coefficient (Wildman–Crippen LogP) is 3.68. The molecule has 0 unspecified atom stereocenters. The largest absolute Gasteiger partial charge is 0.379 e. The number of benzene rings is 2. The van der Waals surface area contributed by atoms with Gasteiger partial charge in [-0.2, -0.15) is 0 Å². The Labute approximate surface area is 186 Å². The minimum atomic E-state index is -0.0169. The van der Waals surface area contributed by atoms with Crippen LogP contribution in [0.4, 0.5) is 0 Å². The quantitative estimate of drug-likeness (QED) is 0.741. The topological polar surface area (TPSA) is 44.8 Å². The van der Waals surface area contributed by atoms with E-state index in [1.54, 1.807) is 0 Å². The molecule has 0 aliphatic carbocycles. The van der Waals surface area contributed by atoms with Gasteiger partial charge in [-0.15, -0.1) is 0 Å². The summed E-state index contributed by atoms with van der Waals surface area (Å²) in [7, 11) is 0. The first kappa shape index (κ1) is 22.0. The smallest absolute Gasteiger partial charge is 0.251 e. The molecule has 2 saturated heterocycles. The zero-order valence-electron chi connectivity index (χ0n) is 18.7. The van der Waals surface area contributed by atoms with Crippen LogP contribution in [-0.4, -0.2) is 55.1 Å². The summed E-state index contributed by atoms with van der Waals surface area (Å²) in [5.74, 6) is 0.767. The lowest BCUT2D eigenvalue weighted by molar-refractivity contribution is 0.0342. The molecule has 1 atom stereocenters. The van der Waals surface area contributed by atoms with Crippen LogP contribution in [-0.2, 0) is 24.4 Å². The Kier molecular flexibility index (Phi) is 7.73. The molecule has 1 amide bonds. The van der Waals surface area contributed by atoms with Gasteiger partial charge in [0, 0.05) is 44.8 Å². The average Bonchev–Trinajstić information content (AvgIpc) is 2.79. The van der Waals surface area contributed by atoms with Crippen LogP contribution in [0, 0.1) is 5.92 Å². The van der Waals surface area contributed by atoms with E-state index >= 15 is 0 Å². The summed E-state index contributed by atoms with van der Waals surface area (Å²) >= 11 is 0. The van der Waals surface area contributed by atoms with Crippen molar-refractivity contribution in [2.45, 2.75) is 39.4 Å². The molecule has 1 N–H and O–H groups in total. The molecule has 2 heterocycles. The third-order valence-corrected chi connectivity index (χ3v) is 6.32. The minimum absolute atomic E-state index is 0.0169. The molecule has 5 heteroatoms. The van der Waals surface area contributed by atoms with Crippen molar-refractivity contribution in [3.63, 3.8) is 0 Å². The minimum Gasteiger partial charge on any atom is -0.379 e. The summed E-state index contributed by atoms with van der Waals surface area (Å²) in [5.41, 5.74) is 4.42. The summed E-state index contributed by atoms with van der Waals surface area (Å²) in [5, 5.41) is 3.07. The highest BCUT2D eigenvalue weighted by Crippen LogP contribution is 2.18. The van der Waals surface area contributed by atoms with Gasteiger partial charge in [0.2, 0.25) is 0 Å². The molecule has 2 aliphatic rings. The first-order valence-electron chi connectivity index (χ1n) is 11.6. The fraction of sp³-hybridized carbons (Fsp3) is 0.500. The molecule has 31 heavy (non-hydrogen) atoms. The maximum Gasteiger partial charge on any atom is 0.251 e. The van der Waals surface area contributed by atoms with Crippen LogP contribution in [0.2, 0.25) is 0 Å². The van der Waals surface area contributed by atoms with E-state index in [9.17, 15) is 4.79 Å². The fourth-order valence-corrected chi connectivity index (χ4v) is 4.59. The van der Waals surface area contributed by atoms with E-state index in [0.717, 1.165) is 56.4 Å². The van der Waals surface area contributed by atoms with Crippen molar-refractivity contribution < 1.29 is 9.53 Å². The highest BCUT2D eigenvalue weighted by molar-refractivity contribution is 5.94. The molecule has 5 nitrogen and oxygen atoms in total. The average molecular weight is 422 g/mol. The molecular weight excluding hydrogens is 386 g/mol. The number of nitrogens with one attached hydrogen (secondary N) is 1. The number of likely N-dealkylation sites (tertiary alicyclic amines) is 1. The van der Waals surface area contributed by atoms with Gasteiger partial charge in [-0.1, -0.05) is 43.3 Å². The molecule has 2 aliphatic heterocycles. The maximum atomic E-state index is 12.6. The molecule has 2 aromatic carbocycles. The molecule has 166 valence electrons. The first-order chi connectivity index (χ1) is 15.2. The standard InChI is InChI=1S/C26H35N3O2/c1-21-4-3-11-29(18-21)19-22-7-9-25(10-8-22)26(30)27-17-23-5-2-6-24(16-23)20-28-12-14-31-15-13-28/h2,5-10,16,21H,3-4,11-15,17-20H2,1H3,(H,27,30)/t21-/m1/s1. The molecule has 2 fully saturated rings. The Hall–Kier alpha value is -2.21. The van der Waals surface area contributed by atoms with Crippen molar-refractivity contribution in [2.75, 3.05) is 39.4 Å². The van der Waals surface area contributed by atoms with E-state index < -0.39 is 0 Å². The van der Waals surface area contributed by atoms with Gasteiger partial charge in [0.15, 0.2) is 0 Å². The molecule has 0 radical (unpaired) electrons. The van der Waals surface area contributed by atoms with E-state index in [2.05, 4.69) is 58.4 Å². The van der Waals surface area contributed by atoms with Crippen LogP contribution in [0.3, 0.4) is 0 Å². The molecular formula is C26H35N3O2. The van der Waals surface area contributed by atoms with Crippen LogP contribution >= 0.6 is 0 Å².